The third-order valence-electron chi connectivity index (χ3n) is 1.47. The molecule has 0 aromatic carbocycles. The Hall–Kier alpha value is -0.380. The van der Waals surface area contributed by atoms with Gasteiger partial charge in [-0.15, -0.1) is 6.58 Å². The molecule has 3 heteroatoms. The average molecular weight is 160 g/mol. The summed E-state index contributed by atoms with van der Waals surface area (Å²) in [5, 5.41) is 17.7. The molecule has 0 saturated carbocycles. The minimum absolute atomic E-state index is 0.272. The summed E-state index contributed by atoms with van der Waals surface area (Å²) in [6, 6.07) is 0. The number of hydrogen-bond donors (Lipinski definition) is 2. The molecule has 0 bridgehead atoms. The third kappa shape index (κ3) is 4.14. The number of aliphatic hydroxyl groups is 2. The van der Waals surface area contributed by atoms with E-state index in [9.17, 15) is 0 Å². The molecule has 2 atom stereocenters. The molecule has 0 fully saturated rings. The van der Waals surface area contributed by atoms with Crippen LogP contribution in [0, 0.1) is 0 Å². The van der Waals surface area contributed by atoms with Crippen molar-refractivity contribution in [3.63, 3.8) is 0 Å². The van der Waals surface area contributed by atoms with Crippen LogP contribution in [0.4, 0.5) is 0 Å². The lowest BCUT2D eigenvalue weighted by Crippen LogP contribution is -2.31. The summed E-state index contributed by atoms with van der Waals surface area (Å²) in [4.78, 5) is 0. The minimum Gasteiger partial charge on any atom is -0.394 e. The highest BCUT2D eigenvalue weighted by atomic mass is 16.5. The van der Waals surface area contributed by atoms with Crippen LogP contribution in [0.15, 0.2) is 12.2 Å². The van der Waals surface area contributed by atoms with E-state index >= 15 is 0 Å². The highest BCUT2D eigenvalue weighted by Crippen LogP contribution is 2.08. The van der Waals surface area contributed by atoms with Gasteiger partial charge < -0.3 is 14.9 Å². The van der Waals surface area contributed by atoms with Gasteiger partial charge in [-0.1, -0.05) is 5.57 Å². The quantitative estimate of drug-likeness (QED) is 0.569. The summed E-state index contributed by atoms with van der Waals surface area (Å²) < 4.78 is 4.94. The number of ether oxygens (including phenoxy) is 1. The molecule has 0 aromatic rings. The SMILES string of the molecule is C=C(C)C[C@H](OC)C(O)CO. The van der Waals surface area contributed by atoms with Gasteiger partial charge in [0.2, 0.25) is 0 Å². The molecule has 0 aliphatic rings. The maximum Gasteiger partial charge on any atom is 0.103 e. The van der Waals surface area contributed by atoms with E-state index in [2.05, 4.69) is 6.58 Å². The Morgan fingerprint density at radius 3 is 2.45 bits per heavy atom. The Morgan fingerprint density at radius 2 is 2.18 bits per heavy atom. The number of rotatable bonds is 5. The van der Waals surface area contributed by atoms with E-state index in [0.29, 0.717) is 6.42 Å². The van der Waals surface area contributed by atoms with Crippen LogP contribution in [-0.2, 0) is 4.74 Å². The summed E-state index contributed by atoms with van der Waals surface area (Å²) in [5.74, 6) is 0. The molecule has 0 aliphatic carbocycles. The monoisotopic (exact) mass is 160 g/mol. The number of methoxy groups -OCH3 is 1. The lowest BCUT2D eigenvalue weighted by molar-refractivity contribution is -0.0366. The molecular formula is C8H16O3. The van der Waals surface area contributed by atoms with Crippen molar-refractivity contribution in [3.05, 3.63) is 12.2 Å². The first-order valence-electron chi connectivity index (χ1n) is 3.58. The molecule has 0 radical (unpaired) electrons. The Morgan fingerprint density at radius 1 is 1.64 bits per heavy atom. The molecule has 0 saturated heterocycles. The first-order chi connectivity index (χ1) is 5.11. The molecule has 1 unspecified atom stereocenters. The zero-order valence-electron chi connectivity index (χ0n) is 7.08. The van der Waals surface area contributed by atoms with Gasteiger partial charge in [0.1, 0.15) is 6.10 Å². The first-order valence-corrected chi connectivity index (χ1v) is 3.58. The van der Waals surface area contributed by atoms with Gasteiger partial charge in [0.05, 0.1) is 12.7 Å². The van der Waals surface area contributed by atoms with E-state index < -0.39 is 6.10 Å². The standard InChI is InChI=1S/C8H16O3/c1-6(2)4-8(11-3)7(10)5-9/h7-10H,1,4-5H2,2-3H3/t7?,8-/m0/s1. The Labute approximate surface area is 67.3 Å². The van der Waals surface area contributed by atoms with Crippen LogP contribution >= 0.6 is 0 Å². The van der Waals surface area contributed by atoms with Crippen LogP contribution in [0.5, 0.6) is 0 Å². The van der Waals surface area contributed by atoms with Crippen molar-refractivity contribution in [3.8, 4) is 0 Å². The normalized spacial score (nSPS) is 16.0. The second-order valence-electron chi connectivity index (χ2n) is 2.69. The lowest BCUT2D eigenvalue weighted by Gasteiger charge is -2.19. The van der Waals surface area contributed by atoms with Gasteiger partial charge in [-0.25, -0.2) is 0 Å². The summed E-state index contributed by atoms with van der Waals surface area (Å²) >= 11 is 0. The van der Waals surface area contributed by atoms with Crippen LogP contribution in [0.1, 0.15) is 13.3 Å². The number of hydrogen-bond acceptors (Lipinski definition) is 3. The summed E-state index contributed by atoms with van der Waals surface area (Å²) in [7, 11) is 1.51. The molecule has 2 N–H and O–H groups in total. The largest absolute Gasteiger partial charge is 0.394 e. The molecule has 0 rings (SSSR count). The van der Waals surface area contributed by atoms with Crippen molar-refractivity contribution in [2.45, 2.75) is 25.6 Å². The van der Waals surface area contributed by atoms with Crippen molar-refractivity contribution >= 4 is 0 Å². The fourth-order valence-corrected chi connectivity index (χ4v) is 0.837. The van der Waals surface area contributed by atoms with Gasteiger partial charge in [-0.05, 0) is 13.3 Å². The van der Waals surface area contributed by atoms with Gasteiger partial charge in [0.25, 0.3) is 0 Å². The molecule has 11 heavy (non-hydrogen) atoms. The van der Waals surface area contributed by atoms with Gasteiger partial charge in [0, 0.05) is 7.11 Å². The molecular weight excluding hydrogens is 144 g/mol. The van der Waals surface area contributed by atoms with Gasteiger partial charge in [0.15, 0.2) is 0 Å². The Balaban J connectivity index is 3.84. The Bertz CT molecular complexity index is 123. The zero-order chi connectivity index (χ0) is 8.85. The van der Waals surface area contributed by atoms with Crippen molar-refractivity contribution < 1.29 is 14.9 Å². The van der Waals surface area contributed by atoms with Gasteiger partial charge in [-0.2, -0.15) is 0 Å². The molecule has 66 valence electrons. The van der Waals surface area contributed by atoms with Crippen LogP contribution in [0.3, 0.4) is 0 Å². The predicted molar refractivity (Wildman–Crippen MR) is 43.3 cm³/mol. The summed E-state index contributed by atoms with van der Waals surface area (Å²) in [5.41, 5.74) is 0.935. The smallest absolute Gasteiger partial charge is 0.103 e. The zero-order valence-corrected chi connectivity index (χ0v) is 7.08. The number of aliphatic hydroxyl groups excluding tert-OH is 2. The molecule has 0 amide bonds. The van der Waals surface area contributed by atoms with E-state index in [1.165, 1.54) is 7.11 Å². The van der Waals surface area contributed by atoms with Crippen molar-refractivity contribution in [2.75, 3.05) is 13.7 Å². The lowest BCUT2D eigenvalue weighted by atomic mass is 10.1. The first kappa shape index (κ1) is 10.6. The molecule has 0 aromatic heterocycles. The topological polar surface area (TPSA) is 49.7 Å². The van der Waals surface area contributed by atoms with Crippen LogP contribution in [0.25, 0.3) is 0 Å². The second-order valence-corrected chi connectivity index (χ2v) is 2.69. The fraction of sp³-hybridized carbons (Fsp3) is 0.750. The van der Waals surface area contributed by atoms with Crippen molar-refractivity contribution in [2.24, 2.45) is 0 Å². The highest BCUT2D eigenvalue weighted by Gasteiger charge is 2.16. The van der Waals surface area contributed by atoms with E-state index in [4.69, 9.17) is 14.9 Å². The van der Waals surface area contributed by atoms with Gasteiger partial charge in [-0.3, -0.25) is 0 Å². The molecule has 0 aliphatic heterocycles. The maximum absolute atomic E-state index is 9.15. The average Bonchev–Trinajstić information content (AvgIpc) is 1.98. The van der Waals surface area contributed by atoms with E-state index in [0.717, 1.165) is 5.57 Å². The van der Waals surface area contributed by atoms with E-state index in [1.54, 1.807) is 0 Å². The van der Waals surface area contributed by atoms with Crippen LogP contribution in [0.2, 0.25) is 0 Å². The highest BCUT2D eigenvalue weighted by molar-refractivity contribution is 4.92. The van der Waals surface area contributed by atoms with Gasteiger partial charge >= 0.3 is 0 Å². The van der Waals surface area contributed by atoms with Crippen molar-refractivity contribution in [1.29, 1.82) is 0 Å². The summed E-state index contributed by atoms with van der Waals surface area (Å²) in [6.45, 7) is 5.27. The second kappa shape index (κ2) is 5.29. The van der Waals surface area contributed by atoms with Crippen LogP contribution in [-0.4, -0.2) is 36.1 Å². The minimum atomic E-state index is -0.809. The molecule has 0 spiro atoms. The third-order valence-corrected chi connectivity index (χ3v) is 1.47. The van der Waals surface area contributed by atoms with E-state index in [-0.39, 0.29) is 12.7 Å². The summed E-state index contributed by atoms with van der Waals surface area (Å²) in [6.07, 6.45) is -0.563. The maximum atomic E-state index is 9.15. The molecule has 3 nitrogen and oxygen atoms in total. The van der Waals surface area contributed by atoms with Crippen molar-refractivity contribution in [1.82, 2.24) is 0 Å². The molecule has 0 heterocycles. The Kier molecular flexibility index (Phi) is 5.11. The van der Waals surface area contributed by atoms with E-state index in [1.807, 2.05) is 6.92 Å². The predicted octanol–water partition coefficient (Wildman–Crippen LogP) is 0.321. The fourth-order valence-electron chi connectivity index (χ4n) is 0.837. The van der Waals surface area contributed by atoms with Crippen LogP contribution < -0.4 is 0 Å².